The molecule has 4 amide bonds. The molecule has 14 heteroatoms. The lowest BCUT2D eigenvalue weighted by atomic mass is 10.1. The molecular weight excluding hydrogens is 603 g/mol. The van der Waals surface area contributed by atoms with Crippen LogP contribution in [0.3, 0.4) is 0 Å². The van der Waals surface area contributed by atoms with Crippen LogP contribution in [0.4, 0.5) is 40.1 Å². The summed E-state index contributed by atoms with van der Waals surface area (Å²) in [6.45, 7) is 5.30. The molecule has 3 heterocycles. The van der Waals surface area contributed by atoms with Gasteiger partial charge in [0.1, 0.15) is 11.3 Å². The highest BCUT2D eigenvalue weighted by Gasteiger charge is 2.34. The van der Waals surface area contributed by atoms with Crippen LogP contribution >= 0.6 is 0 Å². The number of urea groups is 1. The number of aromatic amines is 1. The van der Waals surface area contributed by atoms with Crippen molar-refractivity contribution >= 4 is 35.4 Å². The summed E-state index contributed by atoms with van der Waals surface area (Å²) < 4.78 is 43.8. The standard InChI is InChI=1S/C32H28F3N7O4/c1-31(2,3)46-30(45)42-14-13-24-23(27(42)43)16-25(40-24)26-19(17-37-28(36)41-26)8-7-18-5-4-6-22(15-18)39-29(44)38-21-11-9-20(10-12-21)32(33,34)35/h4-6,9-12,15-17,40H,13-14H2,1-3H3,(H2,36,37,41)(H2,38,39,44). The molecule has 0 saturated carbocycles. The second kappa shape index (κ2) is 12.3. The highest BCUT2D eigenvalue weighted by atomic mass is 19.4. The number of ether oxygens (including phenoxy) is 1. The maximum atomic E-state index is 13.2. The third kappa shape index (κ3) is 7.44. The Kier molecular flexibility index (Phi) is 8.43. The molecule has 236 valence electrons. The number of halogens is 3. The van der Waals surface area contributed by atoms with Crippen LogP contribution in [0.5, 0.6) is 0 Å². The van der Waals surface area contributed by atoms with Crippen LogP contribution in [0.2, 0.25) is 0 Å². The molecule has 2 aromatic heterocycles. The second-order valence-corrected chi connectivity index (χ2v) is 11.2. The van der Waals surface area contributed by atoms with E-state index in [0.29, 0.717) is 45.9 Å². The number of rotatable bonds is 3. The van der Waals surface area contributed by atoms with Crippen LogP contribution in [-0.2, 0) is 17.3 Å². The fourth-order valence-corrected chi connectivity index (χ4v) is 4.52. The zero-order chi connectivity index (χ0) is 33.2. The fourth-order valence-electron chi connectivity index (χ4n) is 4.52. The first-order chi connectivity index (χ1) is 21.7. The zero-order valence-corrected chi connectivity index (χ0v) is 24.9. The van der Waals surface area contributed by atoms with Crippen molar-refractivity contribution in [2.45, 2.75) is 39.0 Å². The van der Waals surface area contributed by atoms with E-state index in [1.54, 1.807) is 51.1 Å². The smallest absolute Gasteiger partial charge is 0.417 e. The van der Waals surface area contributed by atoms with Gasteiger partial charge in [0.25, 0.3) is 5.91 Å². The number of nitrogens with two attached hydrogens (primary N) is 1. The number of hydrogen-bond donors (Lipinski definition) is 4. The van der Waals surface area contributed by atoms with E-state index in [1.165, 1.54) is 6.20 Å². The number of nitrogens with zero attached hydrogens (tertiary/aromatic N) is 3. The molecule has 0 radical (unpaired) electrons. The van der Waals surface area contributed by atoms with Gasteiger partial charge in [0.05, 0.1) is 22.4 Å². The molecule has 4 aromatic rings. The summed E-state index contributed by atoms with van der Waals surface area (Å²) in [6, 6.07) is 11.6. The van der Waals surface area contributed by atoms with Crippen LogP contribution in [0.15, 0.2) is 60.8 Å². The van der Waals surface area contributed by atoms with Crippen molar-refractivity contribution in [2.75, 3.05) is 22.9 Å². The van der Waals surface area contributed by atoms with Gasteiger partial charge in [-0.3, -0.25) is 4.79 Å². The summed E-state index contributed by atoms with van der Waals surface area (Å²) in [5, 5.41) is 5.10. The molecule has 1 aliphatic heterocycles. The first kappa shape index (κ1) is 31.6. The number of aromatic nitrogens is 3. The number of nitrogens with one attached hydrogen (secondary N) is 3. The van der Waals surface area contributed by atoms with Gasteiger partial charge in [0.2, 0.25) is 5.95 Å². The Morgan fingerprint density at radius 1 is 1.02 bits per heavy atom. The topological polar surface area (TPSA) is 155 Å². The Balaban J connectivity index is 1.32. The third-order valence-electron chi connectivity index (χ3n) is 6.57. The second-order valence-electron chi connectivity index (χ2n) is 11.2. The highest BCUT2D eigenvalue weighted by Crippen LogP contribution is 2.30. The number of alkyl halides is 3. The van der Waals surface area contributed by atoms with Gasteiger partial charge >= 0.3 is 18.3 Å². The summed E-state index contributed by atoms with van der Waals surface area (Å²) in [6.07, 6.45) is -3.38. The number of imide groups is 1. The number of anilines is 3. The number of fused-ring (bicyclic) bond motifs is 1. The fraction of sp³-hybridized carbons (Fsp3) is 0.219. The van der Waals surface area contributed by atoms with Crippen LogP contribution in [-0.4, -0.2) is 50.0 Å². The lowest BCUT2D eigenvalue weighted by Crippen LogP contribution is -2.44. The van der Waals surface area contributed by atoms with Crippen molar-refractivity contribution in [3.05, 3.63) is 88.7 Å². The van der Waals surface area contributed by atoms with Crippen molar-refractivity contribution in [3.63, 3.8) is 0 Å². The van der Waals surface area contributed by atoms with Crippen molar-refractivity contribution in [1.29, 1.82) is 0 Å². The largest absolute Gasteiger partial charge is 0.443 e. The number of carbonyl (C=O) groups excluding carboxylic acids is 3. The van der Waals surface area contributed by atoms with Crippen molar-refractivity contribution < 1.29 is 32.3 Å². The summed E-state index contributed by atoms with van der Waals surface area (Å²) in [7, 11) is 0. The Labute approximate surface area is 261 Å². The maximum absolute atomic E-state index is 13.2. The number of hydrogen-bond acceptors (Lipinski definition) is 7. The summed E-state index contributed by atoms with van der Waals surface area (Å²) in [5.41, 5.74) is 7.50. The van der Waals surface area contributed by atoms with Gasteiger partial charge in [-0.1, -0.05) is 17.9 Å². The number of carbonyl (C=O) groups is 3. The van der Waals surface area contributed by atoms with Gasteiger partial charge in [-0.25, -0.2) is 24.5 Å². The molecule has 46 heavy (non-hydrogen) atoms. The minimum atomic E-state index is -4.48. The van der Waals surface area contributed by atoms with E-state index >= 15 is 0 Å². The molecular formula is C32H28F3N7O4. The van der Waals surface area contributed by atoms with E-state index in [4.69, 9.17) is 10.5 Å². The molecule has 0 atom stereocenters. The lowest BCUT2D eigenvalue weighted by Gasteiger charge is -2.28. The molecule has 5 N–H and O–H groups in total. The van der Waals surface area contributed by atoms with Gasteiger partial charge in [-0.15, -0.1) is 0 Å². The normalized spacial score (nSPS) is 12.9. The van der Waals surface area contributed by atoms with Crippen LogP contribution in [0.1, 0.15) is 53.5 Å². The minimum Gasteiger partial charge on any atom is -0.443 e. The van der Waals surface area contributed by atoms with Crippen molar-refractivity contribution in [3.8, 4) is 23.2 Å². The SMILES string of the molecule is CC(C)(C)OC(=O)N1CCc2[nH]c(-c3nc(N)ncc3C#Cc3cccc(NC(=O)Nc4ccc(C(F)(F)F)cc4)c3)cc2C1=O. The number of benzene rings is 2. The van der Waals surface area contributed by atoms with Crippen LogP contribution < -0.4 is 16.4 Å². The monoisotopic (exact) mass is 631 g/mol. The molecule has 0 aliphatic carbocycles. The molecule has 0 bridgehead atoms. The summed E-state index contributed by atoms with van der Waals surface area (Å²) in [4.78, 5) is 50.8. The first-order valence-electron chi connectivity index (χ1n) is 13.9. The van der Waals surface area contributed by atoms with E-state index < -0.39 is 35.4 Å². The number of nitrogen functional groups attached to an aromatic ring is 1. The van der Waals surface area contributed by atoms with E-state index in [9.17, 15) is 27.6 Å². The molecule has 5 rings (SSSR count). The van der Waals surface area contributed by atoms with Crippen molar-refractivity contribution in [2.24, 2.45) is 0 Å². The third-order valence-corrected chi connectivity index (χ3v) is 6.57. The average molecular weight is 632 g/mol. The van der Waals surface area contributed by atoms with Gasteiger partial charge in [0, 0.05) is 41.8 Å². The number of amides is 4. The van der Waals surface area contributed by atoms with Crippen molar-refractivity contribution in [1.82, 2.24) is 19.9 Å². The quantitative estimate of drug-likeness (QED) is 0.201. The first-order valence-corrected chi connectivity index (χ1v) is 13.9. The predicted octanol–water partition coefficient (Wildman–Crippen LogP) is 6.05. The van der Waals surface area contributed by atoms with Crippen LogP contribution in [0.25, 0.3) is 11.4 Å². The Hall–Kier alpha value is -5.84. The Morgan fingerprint density at radius 2 is 1.74 bits per heavy atom. The highest BCUT2D eigenvalue weighted by molar-refractivity contribution is 6.05. The van der Waals surface area contributed by atoms with E-state index in [0.717, 1.165) is 29.2 Å². The maximum Gasteiger partial charge on any atom is 0.417 e. The number of H-pyrrole nitrogens is 1. The van der Waals surface area contributed by atoms with E-state index in [2.05, 4.69) is 37.4 Å². The Morgan fingerprint density at radius 3 is 2.43 bits per heavy atom. The molecule has 2 aromatic carbocycles. The molecule has 0 fully saturated rings. The van der Waals surface area contributed by atoms with Gasteiger partial charge < -0.3 is 26.1 Å². The molecule has 0 saturated heterocycles. The molecule has 0 spiro atoms. The minimum absolute atomic E-state index is 0.0138. The molecule has 1 aliphatic rings. The average Bonchev–Trinajstić information content (AvgIpc) is 3.41. The summed E-state index contributed by atoms with van der Waals surface area (Å²) >= 11 is 0. The molecule has 0 unspecified atom stereocenters. The Bertz CT molecular complexity index is 1880. The van der Waals surface area contributed by atoms with Gasteiger partial charge in [-0.2, -0.15) is 13.2 Å². The molecule has 11 nitrogen and oxygen atoms in total. The zero-order valence-electron chi connectivity index (χ0n) is 24.9. The van der Waals surface area contributed by atoms with Gasteiger partial charge in [0.15, 0.2) is 0 Å². The van der Waals surface area contributed by atoms with E-state index in [1.807, 2.05) is 0 Å². The predicted molar refractivity (Wildman–Crippen MR) is 164 cm³/mol. The lowest BCUT2D eigenvalue weighted by molar-refractivity contribution is -0.137. The van der Waals surface area contributed by atoms with E-state index in [-0.39, 0.29) is 18.2 Å². The summed E-state index contributed by atoms with van der Waals surface area (Å²) in [5.74, 6) is 5.47. The van der Waals surface area contributed by atoms with Crippen LogP contribution in [0, 0.1) is 11.8 Å². The van der Waals surface area contributed by atoms with Gasteiger partial charge in [-0.05, 0) is 69.3 Å².